The molecule has 1 aliphatic rings. The molecule has 1 atom stereocenters. The Balaban J connectivity index is 1.22. The van der Waals surface area contributed by atoms with Crippen LogP contribution in [0.4, 0.5) is 6.01 Å². The zero-order valence-electron chi connectivity index (χ0n) is 19.4. The maximum absolute atomic E-state index is 6.26. The second-order valence-electron chi connectivity index (χ2n) is 8.93. The van der Waals surface area contributed by atoms with E-state index in [-0.39, 0.29) is 12.0 Å². The lowest BCUT2D eigenvalue weighted by Crippen LogP contribution is -2.38. The van der Waals surface area contributed by atoms with Gasteiger partial charge in [-0.15, -0.1) is 0 Å². The molecular weight excluding hydrogens is 436 g/mol. The molecule has 4 aromatic heterocycles. The van der Waals surface area contributed by atoms with E-state index < -0.39 is 0 Å². The fourth-order valence-electron chi connectivity index (χ4n) is 4.03. The van der Waals surface area contributed by atoms with Gasteiger partial charge in [-0.25, -0.2) is 9.97 Å². The first kappa shape index (κ1) is 21.8. The van der Waals surface area contributed by atoms with Gasteiger partial charge >= 0.3 is 6.01 Å². The number of hydrogen-bond donors (Lipinski definition) is 0. The van der Waals surface area contributed by atoms with Crippen molar-refractivity contribution in [3.63, 3.8) is 0 Å². The Morgan fingerprint density at radius 1 is 1.06 bits per heavy atom. The zero-order chi connectivity index (χ0) is 22.9. The third-order valence-corrected chi connectivity index (χ3v) is 7.01. The number of hydrogen-bond acceptors (Lipinski definition) is 9. The van der Waals surface area contributed by atoms with Gasteiger partial charge in [0.15, 0.2) is 5.82 Å². The molecule has 1 unspecified atom stereocenters. The molecule has 1 aliphatic heterocycles. The van der Waals surface area contributed by atoms with Crippen molar-refractivity contribution in [2.45, 2.75) is 52.6 Å². The van der Waals surface area contributed by atoms with Gasteiger partial charge < -0.3 is 14.2 Å². The van der Waals surface area contributed by atoms with E-state index in [4.69, 9.17) is 14.2 Å². The highest BCUT2D eigenvalue weighted by atomic mass is 32.1. The third-order valence-electron chi connectivity index (χ3n) is 6.15. The molecule has 172 valence electrons. The lowest BCUT2D eigenvalue weighted by molar-refractivity contribution is 0.131. The highest BCUT2D eigenvalue weighted by Gasteiger charge is 2.28. The third kappa shape index (κ3) is 4.68. The van der Waals surface area contributed by atoms with Crippen LogP contribution >= 0.6 is 11.3 Å². The minimum absolute atomic E-state index is 0.0717. The number of aromatic nitrogens is 5. The van der Waals surface area contributed by atoms with Crippen LogP contribution in [0.5, 0.6) is 5.19 Å². The van der Waals surface area contributed by atoms with Gasteiger partial charge in [-0.3, -0.25) is 4.98 Å². The summed E-state index contributed by atoms with van der Waals surface area (Å²) in [5.41, 5.74) is 3.75. The van der Waals surface area contributed by atoms with Crippen LogP contribution in [-0.2, 0) is 0 Å². The molecule has 0 spiro atoms. The van der Waals surface area contributed by atoms with E-state index in [1.54, 1.807) is 0 Å². The van der Waals surface area contributed by atoms with Crippen LogP contribution in [0, 0.1) is 12.8 Å². The number of piperidine rings is 1. The molecule has 0 radical (unpaired) electrons. The summed E-state index contributed by atoms with van der Waals surface area (Å²) in [4.78, 5) is 21.4. The fraction of sp³-hybridized carbons (Fsp3) is 0.458. The van der Waals surface area contributed by atoms with Gasteiger partial charge in [-0.2, -0.15) is 4.98 Å². The predicted octanol–water partition coefficient (Wildman–Crippen LogP) is 5.25. The number of pyridine rings is 2. The summed E-state index contributed by atoms with van der Waals surface area (Å²) >= 11 is 1.50. The van der Waals surface area contributed by atoms with Crippen molar-refractivity contribution in [3.05, 3.63) is 42.0 Å². The fourth-order valence-corrected chi connectivity index (χ4v) is 4.90. The Morgan fingerprint density at radius 2 is 1.88 bits per heavy atom. The number of thiazole rings is 1. The van der Waals surface area contributed by atoms with E-state index >= 15 is 0 Å². The first-order valence-corrected chi connectivity index (χ1v) is 12.2. The smallest absolute Gasteiger partial charge is 0.324 e. The molecule has 5 rings (SSSR count). The van der Waals surface area contributed by atoms with Crippen molar-refractivity contribution in [3.8, 4) is 16.5 Å². The lowest BCUT2D eigenvalue weighted by Gasteiger charge is -2.33. The Labute approximate surface area is 197 Å². The molecule has 0 bridgehead atoms. The van der Waals surface area contributed by atoms with Gasteiger partial charge in [0, 0.05) is 36.5 Å². The molecule has 0 amide bonds. The standard InChI is InChI=1S/C24H28N6O2S/c1-14(2)21-28-23(32-29-21)30-11-9-17(10-12-30)16(4)31-24-27-20-8-7-19(26-22(20)33-24)18-6-5-15(3)25-13-18/h5-8,13-14,16-17H,9-12H2,1-4H3. The summed E-state index contributed by atoms with van der Waals surface area (Å²) in [7, 11) is 0. The first-order chi connectivity index (χ1) is 16.0. The quantitative estimate of drug-likeness (QED) is 0.382. The second-order valence-corrected chi connectivity index (χ2v) is 9.87. The molecule has 33 heavy (non-hydrogen) atoms. The van der Waals surface area contributed by atoms with Gasteiger partial charge in [-0.1, -0.05) is 30.3 Å². The Morgan fingerprint density at radius 3 is 2.58 bits per heavy atom. The molecule has 5 heterocycles. The molecule has 1 fully saturated rings. The summed E-state index contributed by atoms with van der Waals surface area (Å²) in [5, 5.41) is 4.75. The monoisotopic (exact) mass is 464 g/mol. The van der Waals surface area contributed by atoms with Crippen molar-refractivity contribution >= 4 is 27.7 Å². The van der Waals surface area contributed by atoms with E-state index in [0.717, 1.165) is 59.1 Å². The number of anilines is 1. The Hall–Kier alpha value is -3.07. The van der Waals surface area contributed by atoms with Crippen molar-refractivity contribution in [1.29, 1.82) is 0 Å². The predicted molar refractivity (Wildman–Crippen MR) is 129 cm³/mol. The minimum atomic E-state index is 0.0717. The maximum Gasteiger partial charge on any atom is 0.324 e. The molecule has 4 aromatic rings. The topological polar surface area (TPSA) is 90.1 Å². The molecular formula is C24H28N6O2S. The average molecular weight is 465 g/mol. The first-order valence-electron chi connectivity index (χ1n) is 11.4. The summed E-state index contributed by atoms with van der Waals surface area (Å²) in [6, 6.07) is 8.65. The zero-order valence-corrected chi connectivity index (χ0v) is 20.2. The van der Waals surface area contributed by atoms with Crippen LogP contribution in [-0.4, -0.2) is 44.3 Å². The van der Waals surface area contributed by atoms with Crippen LogP contribution in [0.1, 0.15) is 51.0 Å². The molecule has 0 N–H and O–H groups in total. The van der Waals surface area contributed by atoms with E-state index in [0.29, 0.717) is 17.1 Å². The average Bonchev–Trinajstić information content (AvgIpc) is 3.46. The largest absolute Gasteiger partial charge is 0.467 e. The van der Waals surface area contributed by atoms with E-state index in [9.17, 15) is 0 Å². The van der Waals surface area contributed by atoms with Crippen LogP contribution in [0.3, 0.4) is 0 Å². The number of fused-ring (bicyclic) bond motifs is 1. The number of ether oxygens (including phenoxy) is 1. The van der Waals surface area contributed by atoms with Crippen molar-refractivity contribution in [2.24, 2.45) is 5.92 Å². The van der Waals surface area contributed by atoms with E-state index in [2.05, 4.69) is 45.8 Å². The van der Waals surface area contributed by atoms with Gasteiger partial charge in [0.25, 0.3) is 5.19 Å². The van der Waals surface area contributed by atoms with Gasteiger partial charge in [0.1, 0.15) is 16.5 Å². The van der Waals surface area contributed by atoms with Crippen LogP contribution < -0.4 is 9.64 Å². The van der Waals surface area contributed by atoms with Crippen LogP contribution in [0.25, 0.3) is 21.6 Å². The van der Waals surface area contributed by atoms with Gasteiger partial charge in [-0.05, 0) is 56.9 Å². The highest BCUT2D eigenvalue weighted by Crippen LogP contribution is 2.32. The normalized spacial score (nSPS) is 16.0. The van der Waals surface area contributed by atoms with E-state index in [1.165, 1.54) is 11.3 Å². The van der Waals surface area contributed by atoms with Crippen molar-refractivity contribution in [1.82, 2.24) is 25.1 Å². The lowest BCUT2D eigenvalue weighted by atomic mass is 9.92. The Bertz CT molecular complexity index is 1230. The van der Waals surface area contributed by atoms with Crippen molar-refractivity contribution in [2.75, 3.05) is 18.0 Å². The maximum atomic E-state index is 6.26. The molecule has 0 aromatic carbocycles. The van der Waals surface area contributed by atoms with E-state index in [1.807, 2.05) is 37.4 Å². The molecule has 9 heteroatoms. The molecule has 0 aliphatic carbocycles. The molecule has 0 saturated carbocycles. The second kappa shape index (κ2) is 9.05. The number of rotatable bonds is 6. The molecule has 1 saturated heterocycles. The number of aryl methyl sites for hydroxylation is 1. The minimum Gasteiger partial charge on any atom is -0.467 e. The summed E-state index contributed by atoms with van der Waals surface area (Å²) in [6.07, 6.45) is 3.94. The highest BCUT2D eigenvalue weighted by molar-refractivity contribution is 7.19. The van der Waals surface area contributed by atoms with Gasteiger partial charge in [0.05, 0.1) is 5.69 Å². The van der Waals surface area contributed by atoms with Crippen LogP contribution in [0.2, 0.25) is 0 Å². The summed E-state index contributed by atoms with van der Waals surface area (Å²) < 4.78 is 11.7. The number of nitrogens with zero attached hydrogens (tertiary/aromatic N) is 6. The van der Waals surface area contributed by atoms with Crippen molar-refractivity contribution < 1.29 is 9.26 Å². The van der Waals surface area contributed by atoms with Gasteiger partial charge in [0.2, 0.25) is 0 Å². The molecule has 8 nitrogen and oxygen atoms in total. The SMILES string of the molecule is Cc1ccc(-c2ccc3nc(OC(C)C4CCN(c5nc(C(C)C)no5)CC4)sc3n2)cn1. The van der Waals surface area contributed by atoms with Crippen LogP contribution in [0.15, 0.2) is 35.0 Å². The summed E-state index contributed by atoms with van der Waals surface area (Å²) in [6.45, 7) is 10.0. The Kier molecular flexibility index (Phi) is 5.97. The summed E-state index contributed by atoms with van der Waals surface area (Å²) in [5.74, 6) is 1.47.